The third-order valence-corrected chi connectivity index (χ3v) is 2.96. The predicted molar refractivity (Wildman–Crippen MR) is 57.2 cm³/mol. The van der Waals surface area contributed by atoms with Gasteiger partial charge in [0.25, 0.3) is 0 Å². The number of nitrogens with two attached hydrogens (primary N) is 1. The summed E-state index contributed by atoms with van der Waals surface area (Å²) in [7, 11) is 0. The Balaban J connectivity index is 1.96. The van der Waals surface area contributed by atoms with Crippen LogP contribution in [0.2, 0.25) is 0 Å². The summed E-state index contributed by atoms with van der Waals surface area (Å²) in [4.78, 5) is 0. The molecule has 2 N–H and O–H groups in total. The summed E-state index contributed by atoms with van der Waals surface area (Å²) in [5.74, 6) is -1.27. The molecule has 6 heteroatoms. The number of hydrogen-bond donors (Lipinski definition) is 1. The topological polar surface area (TPSA) is 35.2 Å². The maximum Gasteiger partial charge on any atom is 0.419 e. The zero-order valence-electron chi connectivity index (χ0n) is 9.51. The summed E-state index contributed by atoms with van der Waals surface area (Å²) in [6, 6.07) is 2.96. The lowest BCUT2D eigenvalue weighted by Crippen LogP contribution is -2.41. The van der Waals surface area contributed by atoms with Crippen LogP contribution >= 0.6 is 0 Å². The number of ether oxygens (including phenoxy) is 1. The molecule has 100 valence electrons. The highest BCUT2D eigenvalue weighted by Gasteiger charge is 2.34. The maximum atomic E-state index is 13.2. The van der Waals surface area contributed by atoms with E-state index in [1.54, 1.807) is 0 Å². The molecule has 0 unspecified atom stereocenters. The van der Waals surface area contributed by atoms with Gasteiger partial charge in [0.15, 0.2) is 0 Å². The smallest absolute Gasteiger partial charge is 0.373 e. The Bertz CT molecular complexity index is 427. The molecule has 1 aliphatic carbocycles. The van der Waals surface area contributed by atoms with Gasteiger partial charge in [0, 0.05) is 6.04 Å². The normalized spacial score (nSPS) is 23.8. The largest absolute Gasteiger partial charge is 0.419 e. The first-order valence-electron chi connectivity index (χ1n) is 5.59. The van der Waals surface area contributed by atoms with E-state index in [2.05, 4.69) is 0 Å². The number of halogens is 4. The highest BCUT2D eigenvalue weighted by molar-refractivity contribution is 5.26. The predicted octanol–water partition coefficient (Wildman–Crippen LogP) is 2.85. The van der Waals surface area contributed by atoms with Gasteiger partial charge in [-0.3, -0.25) is 0 Å². The Labute approximate surface area is 102 Å². The standard InChI is InChI=1S/C12H13F4NO/c13-11-3-7(1-2-10(11)12(14,15)16)6-18-9-4-8(17)5-9/h1-3,8-9H,4-6,17H2/t8-,9-. The van der Waals surface area contributed by atoms with Gasteiger partial charge in [-0.05, 0) is 30.5 Å². The molecule has 2 nitrogen and oxygen atoms in total. The summed E-state index contributed by atoms with van der Waals surface area (Å²) >= 11 is 0. The molecule has 0 aromatic heterocycles. The van der Waals surface area contributed by atoms with Crippen LogP contribution in [0.5, 0.6) is 0 Å². The first-order valence-corrected chi connectivity index (χ1v) is 5.59. The Morgan fingerprint density at radius 1 is 1.28 bits per heavy atom. The van der Waals surface area contributed by atoms with Crippen molar-refractivity contribution in [1.29, 1.82) is 0 Å². The van der Waals surface area contributed by atoms with E-state index in [0.717, 1.165) is 25.0 Å². The van der Waals surface area contributed by atoms with Gasteiger partial charge >= 0.3 is 6.18 Å². The highest BCUT2D eigenvalue weighted by atomic mass is 19.4. The fourth-order valence-electron chi connectivity index (χ4n) is 1.83. The number of hydrogen-bond acceptors (Lipinski definition) is 2. The van der Waals surface area contributed by atoms with Gasteiger partial charge < -0.3 is 10.5 Å². The van der Waals surface area contributed by atoms with E-state index >= 15 is 0 Å². The molecule has 1 saturated carbocycles. The number of benzene rings is 1. The molecule has 1 aromatic rings. The van der Waals surface area contributed by atoms with E-state index in [1.807, 2.05) is 0 Å². The fraction of sp³-hybridized carbons (Fsp3) is 0.500. The van der Waals surface area contributed by atoms with Crippen LogP contribution in [0.15, 0.2) is 18.2 Å². The molecule has 0 radical (unpaired) electrons. The first-order chi connectivity index (χ1) is 8.36. The molecule has 1 aromatic carbocycles. The van der Waals surface area contributed by atoms with Crippen LogP contribution in [0.3, 0.4) is 0 Å². The second kappa shape index (κ2) is 4.85. The van der Waals surface area contributed by atoms with Gasteiger partial charge in [-0.1, -0.05) is 6.07 Å². The van der Waals surface area contributed by atoms with Crippen molar-refractivity contribution in [3.63, 3.8) is 0 Å². The van der Waals surface area contributed by atoms with E-state index in [9.17, 15) is 17.6 Å². The van der Waals surface area contributed by atoms with E-state index in [-0.39, 0.29) is 18.8 Å². The van der Waals surface area contributed by atoms with Crippen LogP contribution in [0.1, 0.15) is 24.0 Å². The minimum absolute atomic E-state index is 0.0327. The van der Waals surface area contributed by atoms with Crippen LogP contribution in [0, 0.1) is 5.82 Å². The lowest BCUT2D eigenvalue weighted by molar-refractivity contribution is -0.140. The van der Waals surface area contributed by atoms with Crippen LogP contribution in [-0.2, 0) is 17.5 Å². The fourth-order valence-corrected chi connectivity index (χ4v) is 1.83. The summed E-state index contributed by atoms with van der Waals surface area (Å²) in [6.07, 6.45) is -3.15. The Morgan fingerprint density at radius 2 is 1.94 bits per heavy atom. The molecule has 18 heavy (non-hydrogen) atoms. The lowest BCUT2D eigenvalue weighted by Gasteiger charge is -2.32. The average molecular weight is 263 g/mol. The second-order valence-corrected chi connectivity index (χ2v) is 4.48. The van der Waals surface area contributed by atoms with Crippen molar-refractivity contribution in [2.45, 2.75) is 37.8 Å². The van der Waals surface area contributed by atoms with Gasteiger partial charge in [0.1, 0.15) is 5.82 Å². The molecule has 2 rings (SSSR count). The molecule has 0 spiro atoms. The number of alkyl halides is 3. The zero-order valence-corrected chi connectivity index (χ0v) is 9.51. The summed E-state index contributed by atoms with van der Waals surface area (Å²) in [5, 5.41) is 0. The molecule has 0 aliphatic heterocycles. The molecule has 1 aliphatic rings. The van der Waals surface area contributed by atoms with Gasteiger partial charge in [0.2, 0.25) is 0 Å². The molecule has 0 saturated heterocycles. The average Bonchev–Trinajstić information content (AvgIpc) is 2.21. The molecule has 0 bridgehead atoms. The van der Waals surface area contributed by atoms with E-state index in [4.69, 9.17) is 10.5 Å². The van der Waals surface area contributed by atoms with Crippen LogP contribution in [0.4, 0.5) is 17.6 Å². The molecule has 0 amide bonds. The summed E-state index contributed by atoms with van der Waals surface area (Å²) in [5.41, 5.74) is 4.70. The summed E-state index contributed by atoms with van der Waals surface area (Å²) in [6.45, 7) is 0.104. The molecule has 0 heterocycles. The number of rotatable bonds is 3. The highest BCUT2D eigenvalue weighted by Crippen LogP contribution is 2.32. The van der Waals surface area contributed by atoms with Crippen molar-refractivity contribution in [2.75, 3.05) is 0 Å². The van der Waals surface area contributed by atoms with E-state index < -0.39 is 17.6 Å². The molecule has 1 fully saturated rings. The Hall–Kier alpha value is -1.14. The van der Waals surface area contributed by atoms with Gasteiger partial charge in [0.05, 0.1) is 18.3 Å². The molecular formula is C12H13F4NO. The Morgan fingerprint density at radius 3 is 2.44 bits per heavy atom. The van der Waals surface area contributed by atoms with Crippen LogP contribution in [-0.4, -0.2) is 12.1 Å². The van der Waals surface area contributed by atoms with Crippen molar-refractivity contribution in [3.05, 3.63) is 35.1 Å². The van der Waals surface area contributed by atoms with Crippen molar-refractivity contribution in [3.8, 4) is 0 Å². The minimum atomic E-state index is -4.66. The van der Waals surface area contributed by atoms with E-state index in [0.29, 0.717) is 5.56 Å². The molecular weight excluding hydrogens is 250 g/mol. The summed E-state index contributed by atoms with van der Waals surface area (Å²) < 4.78 is 55.6. The Kier molecular flexibility index (Phi) is 3.59. The zero-order chi connectivity index (χ0) is 13.3. The maximum absolute atomic E-state index is 13.2. The molecule has 0 atom stereocenters. The SMILES string of the molecule is N[C@H]1C[C@H](OCc2ccc(C(F)(F)F)c(F)c2)C1. The van der Waals surface area contributed by atoms with Crippen molar-refractivity contribution in [2.24, 2.45) is 5.73 Å². The van der Waals surface area contributed by atoms with Gasteiger partial charge in [-0.25, -0.2) is 4.39 Å². The third kappa shape index (κ3) is 3.00. The lowest BCUT2D eigenvalue weighted by atomic mass is 9.90. The van der Waals surface area contributed by atoms with Crippen molar-refractivity contribution in [1.82, 2.24) is 0 Å². The monoisotopic (exact) mass is 263 g/mol. The minimum Gasteiger partial charge on any atom is -0.373 e. The second-order valence-electron chi connectivity index (χ2n) is 4.48. The quantitative estimate of drug-likeness (QED) is 0.851. The van der Waals surface area contributed by atoms with Crippen LogP contribution in [0.25, 0.3) is 0 Å². The van der Waals surface area contributed by atoms with Gasteiger partial charge in [-0.15, -0.1) is 0 Å². The first kappa shape index (κ1) is 13.3. The van der Waals surface area contributed by atoms with Crippen molar-refractivity contribution < 1.29 is 22.3 Å². The van der Waals surface area contributed by atoms with E-state index in [1.165, 1.54) is 6.07 Å². The van der Waals surface area contributed by atoms with Gasteiger partial charge in [-0.2, -0.15) is 13.2 Å². The third-order valence-electron chi connectivity index (χ3n) is 2.96. The van der Waals surface area contributed by atoms with Crippen LogP contribution < -0.4 is 5.73 Å². The van der Waals surface area contributed by atoms with Crippen molar-refractivity contribution >= 4 is 0 Å².